The van der Waals surface area contributed by atoms with E-state index in [0.29, 0.717) is 32.6 Å². The van der Waals surface area contributed by atoms with Gasteiger partial charge < -0.3 is 20.4 Å². The number of hydrogen-bond donors (Lipinski definition) is 2. The van der Waals surface area contributed by atoms with Crippen molar-refractivity contribution in [1.82, 2.24) is 25.5 Å². The number of aromatic nitrogens is 2. The van der Waals surface area contributed by atoms with Crippen LogP contribution in [0.4, 0.5) is 5.95 Å². The van der Waals surface area contributed by atoms with Gasteiger partial charge in [0.25, 0.3) is 0 Å². The zero-order chi connectivity index (χ0) is 20.5. The quantitative estimate of drug-likeness (QED) is 0.317. The predicted molar refractivity (Wildman–Crippen MR) is 133 cm³/mol. The van der Waals surface area contributed by atoms with Gasteiger partial charge in [-0.3, -0.25) is 4.79 Å². The third kappa shape index (κ3) is 7.38. The number of guanidine groups is 1. The lowest BCUT2D eigenvalue weighted by atomic mass is 10.3. The fourth-order valence-electron chi connectivity index (χ4n) is 3.13. The zero-order valence-electron chi connectivity index (χ0n) is 17.5. The Morgan fingerprint density at radius 2 is 1.90 bits per heavy atom. The van der Waals surface area contributed by atoms with Crippen molar-refractivity contribution in [2.75, 3.05) is 44.2 Å². The van der Waals surface area contributed by atoms with Gasteiger partial charge in [-0.05, 0) is 32.0 Å². The van der Waals surface area contributed by atoms with Crippen molar-refractivity contribution in [3.8, 4) is 0 Å². The van der Waals surface area contributed by atoms with E-state index < -0.39 is 0 Å². The minimum atomic E-state index is 0. The fourth-order valence-corrected chi connectivity index (χ4v) is 3.94. The van der Waals surface area contributed by atoms with Gasteiger partial charge in [0.05, 0.1) is 6.54 Å². The Balaban J connectivity index is 0.00000320. The summed E-state index contributed by atoms with van der Waals surface area (Å²) in [6.07, 6.45) is 3.94. The first-order valence-corrected chi connectivity index (χ1v) is 10.8. The lowest BCUT2D eigenvalue weighted by Crippen LogP contribution is -2.50. The molecule has 0 aromatic carbocycles. The molecule has 0 spiro atoms. The van der Waals surface area contributed by atoms with Crippen LogP contribution in [-0.2, 0) is 11.3 Å². The van der Waals surface area contributed by atoms with Crippen LogP contribution in [0.1, 0.15) is 23.1 Å². The summed E-state index contributed by atoms with van der Waals surface area (Å²) < 4.78 is 0. The summed E-state index contributed by atoms with van der Waals surface area (Å²) in [5, 5.41) is 6.50. The van der Waals surface area contributed by atoms with Crippen molar-refractivity contribution in [3.63, 3.8) is 0 Å². The summed E-state index contributed by atoms with van der Waals surface area (Å²) in [5.74, 6) is 1.64. The molecule has 0 unspecified atom stereocenters. The molecular weight excluding hydrogens is 513 g/mol. The average Bonchev–Trinajstić information content (AvgIpc) is 3.18. The molecule has 3 rings (SSSR count). The number of thiophene rings is 1. The van der Waals surface area contributed by atoms with Gasteiger partial charge in [-0.1, -0.05) is 0 Å². The van der Waals surface area contributed by atoms with E-state index in [1.165, 1.54) is 9.75 Å². The van der Waals surface area contributed by atoms with E-state index in [0.717, 1.165) is 31.5 Å². The molecule has 1 saturated heterocycles. The second-order valence-corrected chi connectivity index (χ2v) is 8.17. The van der Waals surface area contributed by atoms with Crippen molar-refractivity contribution in [2.45, 2.75) is 26.8 Å². The molecule has 10 heteroatoms. The molecule has 0 bridgehead atoms. The molecule has 1 aliphatic rings. The van der Waals surface area contributed by atoms with Crippen LogP contribution in [0.2, 0.25) is 0 Å². The van der Waals surface area contributed by atoms with Crippen molar-refractivity contribution < 1.29 is 4.79 Å². The number of hydrogen-bond acceptors (Lipinski definition) is 6. The fraction of sp³-hybridized carbons (Fsp3) is 0.500. The SMILES string of the molecule is CCNC(=NCc1ccc(C)s1)NCCC(=O)N1CCN(c2ncccn2)CC1.I. The van der Waals surface area contributed by atoms with E-state index in [1.54, 1.807) is 23.7 Å². The number of amides is 1. The summed E-state index contributed by atoms with van der Waals surface area (Å²) in [7, 11) is 0. The Bertz CT molecular complexity index is 806. The molecule has 30 heavy (non-hydrogen) atoms. The summed E-state index contributed by atoms with van der Waals surface area (Å²) >= 11 is 1.76. The maximum atomic E-state index is 12.5. The molecule has 2 N–H and O–H groups in total. The van der Waals surface area contributed by atoms with Crippen molar-refractivity contribution >= 4 is 53.1 Å². The van der Waals surface area contributed by atoms with Gasteiger partial charge in [0.2, 0.25) is 11.9 Å². The van der Waals surface area contributed by atoms with E-state index in [2.05, 4.69) is 49.6 Å². The summed E-state index contributed by atoms with van der Waals surface area (Å²) in [5.41, 5.74) is 0. The molecule has 164 valence electrons. The predicted octanol–water partition coefficient (Wildman–Crippen LogP) is 2.26. The molecule has 1 amide bonds. The van der Waals surface area contributed by atoms with Gasteiger partial charge in [-0.25, -0.2) is 15.0 Å². The number of nitrogens with one attached hydrogen (secondary N) is 2. The number of rotatable bonds is 7. The number of carbonyl (C=O) groups is 1. The highest BCUT2D eigenvalue weighted by Gasteiger charge is 2.22. The molecule has 1 fully saturated rings. The molecule has 2 aromatic heterocycles. The molecule has 3 heterocycles. The minimum absolute atomic E-state index is 0. The zero-order valence-corrected chi connectivity index (χ0v) is 20.7. The number of halogens is 1. The normalized spacial score (nSPS) is 14.3. The number of nitrogens with zero attached hydrogens (tertiary/aromatic N) is 5. The Labute approximate surface area is 199 Å². The monoisotopic (exact) mass is 543 g/mol. The van der Waals surface area contributed by atoms with E-state index in [9.17, 15) is 4.79 Å². The number of aryl methyl sites for hydroxylation is 1. The highest BCUT2D eigenvalue weighted by Crippen LogP contribution is 2.15. The Hall–Kier alpha value is -1.95. The topological polar surface area (TPSA) is 85.8 Å². The second-order valence-electron chi connectivity index (χ2n) is 6.80. The van der Waals surface area contributed by atoms with E-state index in [1.807, 2.05) is 17.9 Å². The van der Waals surface area contributed by atoms with Crippen LogP contribution in [0.3, 0.4) is 0 Å². The van der Waals surface area contributed by atoms with Gasteiger partial charge in [0.1, 0.15) is 0 Å². The van der Waals surface area contributed by atoms with Gasteiger partial charge in [-0.2, -0.15) is 0 Å². The van der Waals surface area contributed by atoms with Gasteiger partial charge in [0, 0.05) is 67.8 Å². The van der Waals surface area contributed by atoms with E-state index >= 15 is 0 Å². The van der Waals surface area contributed by atoms with Gasteiger partial charge in [-0.15, -0.1) is 35.3 Å². The molecule has 0 radical (unpaired) electrons. The summed E-state index contributed by atoms with van der Waals surface area (Å²) in [4.78, 5) is 32.3. The van der Waals surface area contributed by atoms with Crippen molar-refractivity contribution in [3.05, 3.63) is 40.3 Å². The number of aliphatic imine (C=N–C) groups is 1. The van der Waals surface area contributed by atoms with Crippen LogP contribution in [0.15, 0.2) is 35.6 Å². The lowest BCUT2D eigenvalue weighted by Gasteiger charge is -2.34. The van der Waals surface area contributed by atoms with Crippen LogP contribution in [0.25, 0.3) is 0 Å². The molecule has 0 aliphatic carbocycles. The first kappa shape index (κ1) is 24.3. The highest BCUT2D eigenvalue weighted by molar-refractivity contribution is 14.0. The Morgan fingerprint density at radius 1 is 1.17 bits per heavy atom. The minimum Gasteiger partial charge on any atom is -0.357 e. The Kier molecular flexibility index (Phi) is 10.3. The number of piperazine rings is 1. The maximum absolute atomic E-state index is 12.5. The van der Waals surface area contributed by atoms with Gasteiger partial charge in [0.15, 0.2) is 5.96 Å². The Morgan fingerprint density at radius 3 is 2.53 bits per heavy atom. The largest absolute Gasteiger partial charge is 0.357 e. The van der Waals surface area contributed by atoms with Crippen LogP contribution in [0, 0.1) is 6.92 Å². The first-order valence-electron chi connectivity index (χ1n) is 10.0. The van der Waals surface area contributed by atoms with E-state index in [4.69, 9.17) is 0 Å². The molecule has 2 aromatic rings. The lowest BCUT2D eigenvalue weighted by molar-refractivity contribution is -0.131. The van der Waals surface area contributed by atoms with Crippen LogP contribution >= 0.6 is 35.3 Å². The first-order chi connectivity index (χ1) is 14.2. The summed E-state index contributed by atoms with van der Waals surface area (Å²) in [6.45, 7) is 9.04. The van der Waals surface area contributed by atoms with Crippen molar-refractivity contribution in [1.29, 1.82) is 0 Å². The van der Waals surface area contributed by atoms with E-state index in [-0.39, 0.29) is 29.9 Å². The van der Waals surface area contributed by atoms with Crippen molar-refractivity contribution in [2.24, 2.45) is 4.99 Å². The molecule has 0 atom stereocenters. The van der Waals surface area contributed by atoms with Crippen LogP contribution in [0.5, 0.6) is 0 Å². The average molecular weight is 543 g/mol. The summed E-state index contributed by atoms with van der Waals surface area (Å²) in [6, 6.07) is 6.03. The third-order valence-corrected chi connectivity index (χ3v) is 5.62. The van der Waals surface area contributed by atoms with Crippen LogP contribution < -0.4 is 15.5 Å². The second kappa shape index (κ2) is 12.7. The smallest absolute Gasteiger partial charge is 0.225 e. The van der Waals surface area contributed by atoms with Gasteiger partial charge >= 0.3 is 0 Å². The number of anilines is 1. The molecule has 1 aliphatic heterocycles. The molecule has 8 nitrogen and oxygen atoms in total. The number of carbonyl (C=O) groups excluding carboxylic acids is 1. The molecule has 0 saturated carbocycles. The highest BCUT2D eigenvalue weighted by atomic mass is 127. The maximum Gasteiger partial charge on any atom is 0.225 e. The van der Waals surface area contributed by atoms with Crippen LogP contribution in [-0.4, -0.2) is 66.0 Å². The standard InChI is InChI=1S/C20H29N7OS.HI/c1-3-21-19(25-15-17-6-5-16(2)29-17)22-10-7-18(28)26-11-13-27(14-12-26)20-23-8-4-9-24-20;/h4-6,8-9H,3,7,10-15H2,1-2H3,(H2,21,22,25);1H. The molecular formula is C20H30IN7OS. The third-order valence-electron chi connectivity index (χ3n) is 4.63.